The van der Waals surface area contributed by atoms with Crippen LogP contribution in [0.15, 0.2) is 61.3 Å². The van der Waals surface area contributed by atoms with Crippen LogP contribution < -0.4 is 0 Å². The van der Waals surface area contributed by atoms with Gasteiger partial charge < -0.3 is 0 Å². The van der Waals surface area contributed by atoms with Gasteiger partial charge in [-0.2, -0.15) is 0 Å². The molecule has 0 spiro atoms. The lowest BCUT2D eigenvalue weighted by molar-refractivity contribution is 0.999. The Balaban J connectivity index is 0. The summed E-state index contributed by atoms with van der Waals surface area (Å²) < 4.78 is 0. The van der Waals surface area contributed by atoms with Crippen LogP contribution in [0.2, 0.25) is 0 Å². The molecule has 0 amide bonds. The molecular weight excluding hydrogens is 180 g/mol. The number of allylic oxidation sites excluding steroid dienone is 6. The van der Waals surface area contributed by atoms with Gasteiger partial charge in [0.15, 0.2) is 0 Å². The Labute approximate surface area is 95.4 Å². The highest BCUT2D eigenvalue weighted by atomic mass is 13.9. The molecule has 0 radical (unpaired) electrons. The van der Waals surface area contributed by atoms with Gasteiger partial charge in [0.05, 0.1) is 0 Å². The van der Waals surface area contributed by atoms with Crippen molar-refractivity contribution in [2.24, 2.45) is 0 Å². The first-order valence-corrected chi connectivity index (χ1v) is 5.15. The third-order valence-electron chi connectivity index (χ3n) is 1.66. The normalized spacial score (nSPS) is 7.93. The van der Waals surface area contributed by atoms with Gasteiger partial charge in [-0.25, -0.2) is 0 Å². The first-order valence-electron chi connectivity index (χ1n) is 5.15. The van der Waals surface area contributed by atoms with Crippen molar-refractivity contribution in [3.8, 4) is 0 Å². The van der Waals surface area contributed by atoms with Crippen LogP contribution in [0.1, 0.15) is 33.6 Å². The lowest BCUT2D eigenvalue weighted by Gasteiger charge is -1.94. The van der Waals surface area contributed by atoms with Gasteiger partial charge in [0, 0.05) is 0 Å². The predicted octanol–water partition coefficient (Wildman–Crippen LogP) is 5.22. The Morgan fingerprint density at radius 2 is 1.47 bits per heavy atom. The molecule has 0 saturated heterocycles. The molecule has 0 fully saturated rings. The average Bonchev–Trinajstić information content (AvgIpc) is 2.17. The highest BCUT2D eigenvalue weighted by molar-refractivity contribution is 5.11. The van der Waals surface area contributed by atoms with Gasteiger partial charge in [-0.3, -0.25) is 0 Å². The fraction of sp³-hybridized carbons (Fsp3) is 0.333. The summed E-state index contributed by atoms with van der Waals surface area (Å²) in [5.74, 6) is 0. The Morgan fingerprint density at radius 1 is 1.00 bits per heavy atom. The largest absolute Gasteiger partial charge is 0.0988 e. The van der Waals surface area contributed by atoms with Crippen LogP contribution in [0.5, 0.6) is 0 Å². The van der Waals surface area contributed by atoms with E-state index in [1.165, 1.54) is 5.57 Å². The van der Waals surface area contributed by atoms with Gasteiger partial charge >= 0.3 is 0 Å². The second-order valence-corrected chi connectivity index (χ2v) is 3.73. The Bertz CT molecular complexity index is 247. The maximum absolute atomic E-state index is 3.82. The third-order valence-corrected chi connectivity index (χ3v) is 1.66. The summed E-state index contributed by atoms with van der Waals surface area (Å²) in [6.07, 6.45) is 7.88. The van der Waals surface area contributed by atoms with E-state index in [1.54, 1.807) is 6.08 Å². The zero-order chi connectivity index (χ0) is 12.3. The van der Waals surface area contributed by atoms with Gasteiger partial charge in [0.25, 0.3) is 0 Å². The van der Waals surface area contributed by atoms with E-state index in [0.717, 1.165) is 24.0 Å². The van der Waals surface area contributed by atoms with E-state index in [0.29, 0.717) is 0 Å². The monoisotopic (exact) mass is 204 g/mol. The topological polar surface area (TPSA) is 0 Å². The summed E-state index contributed by atoms with van der Waals surface area (Å²) in [7, 11) is 0. The molecular formula is C15H24. The van der Waals surface area contributed by atoms with Crippen molar-refractivity contribution in [1.29, 1.82) is 0 Å². The first kappa shape index (κ1) is 16.1. The molecule has 0 aromatic rings. The highest BCUT2D eigenvalue weighted by Gasteiger charge is 1.84. The minimum atomic E-state index is 1.02. The van der Waals surface area contributed by atoms with E-state index in [1.807, 2.05) is 13.0 Å². The van der Waals surface area contributed by atoms with Crippen molar-refractivity contribution in [2.75, 3.05) is 0 Å². The first-order chi connectivity index (χ1) is 6.93. The van der Waals surface area contributed by atoms with Crippen molar-refractivity contribution in [3.63, 3.8) is 0 Å². The SMILES string of the molecule is C=CC(=C)C.C=CC(=C)CCC=C(C)C. The molecule has 0 nitrogen and oxygen atoms in total. The van der Waals surface area contributed by atoms with Crippen LogP contribution in [0.3, 0.4) is 0 Å². The van der Waals surface area contributed by atoms with Crippen molar-refractivity contribution in [3.05, 3.63) is 61.3 Å². The maximum atomic E-state index is 3.82. The predicted molar refractivity (Wildman–Crippen MR) is 73.0 cm³/mol. The minimum Gasteiger partial charge on any atom is -0.0988 e. The standard InChI is InChI=1S/C10H16.C5H8/c1-5-10(4)8-6-7-9(2)3;1-4-5(2)3/h5,7H,1,4,6,8H2,2-3H3;4H,1-2H2,3H3. The lowest BCUT2D eigenvalue weighted by atomic mass is 10.1. The Hall–Kier alpha value is -1.30. The van der Waals surface area contributed by atoms with E-state index >= 15 is 0 Å². The van der Waals surface area contributed by atoms with Crippen LogP contribution in [0.25, 0.3) is 0 Å². The maximum Gasteiger partial charge on any atom is -0.0250 e. The molecule has 0 aliphatic heterocycles. The van der Waals surface area contributed by atoms with E-state index < -0.39 is 0 Å². The van der Waals surface area contributed by atoms with Crippen LogP contribution in [-0.2, 0) is 0 Å². The molecule has 0 heteroatoms. The summed E-state index contributed by atoms with van der Waals surface area (Å²) >= 11 is 0. The Morgan fingerprint density at radius 3 is 1.73 bits per heavy atom. The molecule has 15 heavy (non-hydrogen) atoms. The molecule has 0 aromatic heterocycles. The van der Waals surface area contributed by atoms with Gasteiger partial charge in [-0.1, -0.05) is 61.3 Å². The summed E-state index contributed by atoms with van der Waals surface area (Å²) in [6.45, 7) is 20.6. The molecule has 0 rings (SSSR count). The summed E-state index contributed by atoms with van der Waals surface area (Å²) in [6, 6.07) is 0. The van der Waals surface area contributed by atoms with Crippen molar-refractivity contribution in [1.82, 2.24) is 0 Å². The highest BCUT2D eigenvalue weighted by Crippen LogP contribution is 2.04. The van der Waals surface area contributed by atoms with Crippen LogP contribution >= 0.6 is 0 Å². The molecule has 0 unspecified atom stereocenters. The Kier molecular flexibility index (Phi) is 11.6. The van der Waals surface area contributed by atoms with Crippen LogP contribution in [0.4, 0.5) is 0 Å². The number of hydrogen-bond donors (Lipinski definition) is 0. The van der Waals surface area contributed by atoms with E-state index in [-0.39, 0.29) is 0 Å². The third kappa shape index (κ3) is 19.2. The molecule has 0 aliphatic rings. The molecule has 0 aromatic carbocycles. The van der Waals surface area contributed by atoms with E-state index in [2.05, 4.69) is 46.2 Å². The van der Waals surface area contributed by atoms with Crippen molar-refractivity contribution >= 4 is 0 Å². The quantitative estimate of drug-likeness (QED) is 0.425. The van der Waals surface area contributed by atoms with Gasteiger partial charge in [0.1, 0.15) is 0 Å². The summed E-state index contributed by atoms with van der Waals surface area (Å²) in [5, 5.41) is 0. The molecule has 0 saturated carbocycles. The van der Waals surface area contributed by atoms with Crippen molar-refractivity contribution in [2.45, 2.75) is 33.6 Å². The smallest absolute Gasteiger partial charge is 0.0250 e. The summed E-state index contributed by atoms with van der Waals surface area (Å²) in [4.78, 5) is 0. The van der Waals surface area contributed by atoms with E-state index in [9.17, 15) is 0 Å². The second kappa shape index (κ2) is 10.8. The molecule has 0 atom stereocenters. The summed E-state index contributed by atoms with van der Waals surface area (Å²) in [5.41, 5.74) is 3.51. The number of rotatable bonds is 5. The fourth-order valence-corrected chi connectivity index (χ4v) is 0.648. The van der Waals surface area contributed by atoms with Gasteiger partial charge in [-0.05, 0) is 33.6 Å². The van der Waals surface area contributed by atoms with Crippen molar-refractivity contribution < 1.29 is 0 Å². The molecule has 0 bridgehead atoms. The number of hydrogen-bond acceptors (Lipinski definition) is 0. The zero-order valence-corrected chi connectivity index (χ0v) is 10.5. The second-order valence-electron chi connectivity index (χ2n) is 3.73. The van der Waals surface area contributed by atoms with Gasteiger partial charge in [-0.15, -0.1) is 0 Å². The van der Waals surface area contributed by atoms with Crippen LogP contribution in [-0.4, -0.2) is 0 Å². The molecule has 0 aliphatic carbocycles. The molecule has 84 valence electrons. The molecule has 0 N–H and O–H groups in total. The molecule has 0 heterocycles. The average molecular weight is 204 g/mol. The zero-order valence-electron chi connectivity index (χ0n) is 10.5. The fourth-order valence-electron chi connectivity index (χ4n) is 0.648. The minimum absolute atomic E-state index is 1.02. The van der Waals surface area contributed by atoms with Gasteiger partial charge in [0.2, 0.25) is 0 Å². The van der Waals surface area contributed by atoms with Crippen LogP contribution in [0, 0.1) is 0 Å². The van der Waals surface area contributed by atoms with E-state index in [4.69, 9.17) is 0 Å². The lowest BCUT2D eigenvalue weighted by Crippen LogP contribution is -1.74.